The first-order valence-corrected chi connectivity index (χ1v) is 3.27. The lowest BCUT2D eigenvalue weighted by Gasteiger charge is -2.12. The minimum atomic E-state index is 0.429. The Hall–Kier alpha value is -0.0800. The first-order chi connectivity index (χ1) is 3.88. The van der Waals surface area contributed by atoms with Crippen molar-refractivity contribution >= 4 is 0 Å². The summed E-state index contributed by atoms with van der Waals surface area (Å²) in [4.78, 5) is 0. The lowest BCUT2D eigenvalue weighted by atomic mass is 10.0. The normalized spacial score (nSPS) is 52.9. The zero-order chi connectivity index (χ0) is 5.56. The molecule has 3 atom stereocenters. The van der Waals surface area contributed by atoms with Gasteiger partial charge >= 0.3 is 0 Å². The summed E-state index contributed by atoms with van der Waals surface area (Å²) in [6, 6.07) is 0. The topological polar surface area (TPSA) is 24.6 Å². The number of fused-ring (bicyclic) bond motifs is 1. The predicted molar refractivity (Wildman–Crippen MR) is 30.4 cm³/mol. The van der Waals surface area contributed by atoms with E-state index in [9.17, 15) is 0 Å². The number of rotatable bonds is 0. The van der Waals surface area contributed by atoms with Gasteiger partial charge in [-0.3, -0.25) is 5.32 Å². The van der Waals surface area contributed by atoms with Crippen molar-refractivity contribution in [1.82, 2.24) is 5.32 Å². The lowest BCUT2D eigenvalue weighted by Crippen LogP contribution is -2.30. The maximum absolute atomic E-state index is 5.28. The molecule has 2 heteroatoms. The van der Waals surface area contributed by atoms with Gasteiger partial charge in [0.1, 0.15) is 12.3 Å². The largest absolute Gasteiger partial charge is 0.353 e. The molecule has 2 nitrogen and oxygen atoms in total. The SMILES string of the molecule is CC1CCNC2OC12. The number of epoxide rings is 1. The third kappa shape index (κ3) is 0.565. The molecule has 2 heterocycles. The number of ether oxygens (including phenoxy) is 1. The molecule has 3 unspecified atom stereocenters. The smallest absolute Gasteiger partial charge is 0.135 e. The quantitative estimate of drug-likeness (QED) is 0.458. The molecule has 46 valence electrons. The Bertz CT molecular complexity index is 105. The van der Waals surface area contributed by atoms with Gasteiger partial charge in [-0.05, 0) is 18.9 Å². The number of piperidine rings is 1. The fraction of sp³-hybridized carbons (Fsp3) is 1.00. The monoisotopic (exact) mass is 113 g/mol. The molecule has 2 rings (SSSR count). The highest BCUT2D eigenvalue weighted by atomic mass is 16.6. The van der Waals surface area contributed by atoms with Crippen LogP contribution in [0.4, 0.5) is 0 Å². The van der Waals surface area contributed by atoms with E-state index in [4.69, 9.17) is 4.74 Å². The molecular weight excluding hydrogens is 102 g/mol. The summed E-state index contributed by atoms with van der Waals surface area (Å²) >= 11 is 0. The molecule has 0 saturated carbocycles. The highest BCUT2D eigenvalue weighted by Gasteiger charge is 2.44. The van der Waals surface area contributed by atoms with E-state index in [0.717, 1.165) is 12.5 Å². The van der Waals surface area contributed by atoms with Crippen LogP contribution in [0.2, 0.25) is 0 Å². The molecule has 0 aromatic heterocycles. The summed E-state index contributed by atoms with van der Waals surface area (Å²) in [5, 5.41) is 3.26. The average Bonchev–Trinajstić information content (AvgIpc) is 2.45. The van der Waals surface area contributed by atoms with Crippen LogP contribution in [-0.2, 0) is 4.74 Å². The summed E-state index contributed by atoms with van der Waals surface area (Å²) in [6.07, 6.45) is 2.27. The Balaban J connectivity index is 1.99. The van der Waals surface area contributed by atoms with E-state index in [2.05, 4.69) is 12.2 Å². The second-order valence-corrected chi connectivity index (χ2v) is 2.74. The molecule has 0 spiro atoms. The third-order valence-electron chi connectivity index (χ3n) is 2.03. The van der Waals surface area contributed by atoms with Gasteiger partial charge in [0, 0.05) is 0 Å². The lowest BCUT2D eigenvalue weighted by molar-refractivity contribution is 0.335. The Kier molecular flexibility index (Phi) is 0.866. The fourth-order valence-corrected chi connectivity index (χ4v) is 1.34. The summed E-state index contributed by atoms with van der Waals surface area (Å²) < 4.78 is 5.28. The minimum absolute atomic E-state index is 0.429. The molecule has 2 aliphatic heterocycles. The molecule has 1 N–H and O–H groups in total. The summed E-state index contributed by atoms with van der Waals surface area (Å²) in [7, 11) is 0. The Morgan fingerprint density at radius 1 is 1.62 bits per heavy atom. The van der Waals surface area contributed by atoms with Gasteiger partial charge in [-0.15, -0.1) is 0 Å². The fourth-order valence-electron chi connectivity index (χ4n) is 1.34. The molecular formula is C6H11NO. The molecule has 0 bridgehead atoms. The van der Waals surface area contributed by atoms with Crippen LogP contribution in [0.1, 0.15) is 13.3 Å². The minimum Gasteiger partial charge on any atom is -0.353 e. The van der Waals surface area contributed by atoms with Crippen LogP contribution >= 0.6 is 0 Å². The van der Waals surface area contributed by atoms with Gasteiger partial charge in [0.05, 0.1) is 0 Å². The van der Waals surface area contributed by atoms with Crippen LogP contribution in [0.5, 0.6) is 0 Å². The zero-order valence-corrected chi connectivity index (χ0v) is 5.05. The summed E-state index contributed by atoms with van der Waals surface area (Å²) in [6.45, 7) is 3.40. The molecule has 0 radical (unpaired) electrons. The van der Waals surface area contributed by atoms with Crippen molar-refractivity contribution in [3.05, 3.63) is 0 Å². The number of nitrogens with one attached hydrogen (secondary N) is 1. The van der Waals surface area contributed by atoms with E-state index in [1.54, 1.807) is 0 Å². The van der Waals surface area contributed by atoms with Gasteiger partial charge in [-0.25, -0.2) is 0 Å². The third-order valence-corrected chi connectivity index (χ3v) is 2.03. The van der Waals surface area contributed by atoms with Crippen LogP contribution < -0.4 is 5.32 Å². The molecule has 0 aromatic carbocycles. The van der Waals surface area contributed by atoms with Crippen molar-refractivity contribution in [2.75, 3.05) is 6.54 Å². The molecule has 0 aromatic rings. The van der Waals surface area contributed by atoms with Crippen molar-refractivity contribution in [2.45, 2.75) is 25.7 Å². The molecule has 2 saturated heterocycles. The van der Waals surface area contributed by atoms with Crippen molar-refractivity contribution in [3.8, 4) is 0 Å². The first kappa shape index (κ1) is 4.77. The van der Waals surface area contributed by atoms with E-state index in [1.807, 2.05) is 0 Å². The maximum Gasteiger partial charge on any atom is 0.135 e. The summed E-state index contributed by atoms with van der Waals surface area (Å²) in [5.74, 6) is 0.793. The Labute approximate surface area is 49.2 Å². The van der Waals surface area contributed by atoms with Crippen molar-refractivity contribution < 1.29 is 4.74 Å². The van der Waals surface area contributed by atoms with Crippen LogP contribution in [0.25, 0.3) is 0 Å². The second kappa shape index (κ2) is 1.45. The van der Waals surface area contributed by atoms with E-state index in [0.29, 0.717) is 12.3 Å². The average molecular weight is 113 g/mol. The highest BCUT2D eigenvalue weighted by Crippen LogP contribution is 2.32. The second-order valence-electron chi connectivity index (χ2n) is 2.74. The van der Waals surface area contributed by atoms with Crippen molar-refractivity contribution in [2.24, 2.45) is 5.92 Å². The van der Waals surface area contributed by atoms with Crippen molar-refractivity contribution in [1.29, 1.82) is 0 Å². The van der Waals surface area contributed by atoms with Crippen LogP contribution in [0.3, 0.4) is 0 Å². The predicted octanol–water partition coefficient (Wildman–Crippen LogP) is 0.341. The van der Waals surface area contributed by atoms with Gasteiger partial charge < -0.3 is 4.74 Å². The van der Waals surface area contributed by atoms with Gasteiger partial charge in [-0.1, -0.05) is 6.92 Å². The van der Waals surface area contributed by atoms with E-state index in [-0.39, 0.29) is 0 Å². The van der Waals surface area contributed by atoms with Gasteiger partial charge in [0.15, 0.2) is 0 Å². The Morgan fingerprint density at radius 3 is 3.12 bits per heavy atom. The van der Waals surface area contributed by atoms with Crippen LogP contribution in [0, 0.1) is 5.92 Å². The van der Waals surface area contributed by atoms with Crippen LogP contribution in [-0.4, -0.2) is 18.9 Å². The molecule has 0 aliphatic carbocycles. The maximum atomic E-state index is 5.28. The van der Waals surface area contributed by atoms with E-state index >= 15 is 0 Å². The first-order valence-electron chi connectivity index (χ1n) is 3.27. The molecule has 0 amide bonds. The standard InChI is InChI=1S/C6H11NO/c1-4-2-3-7-6-5(4)8-6/h4-7H,2-3H2,1H3. The summed E-state index contributed by atoms with van der Waals surface area (Å²) in [5.41, 5.74) is 0. The number of hydrogen-bond donors (Lipinski definition) is 1. The van der Waals surface area contributed by atoms with Crippen LogP contribution in [0.15, 0.2) is 0 Å². The number of hydrogen-bond acceptors (Lipinski definition) is 2. The van der Waals surface area contributed by atoms with E-state index in [1.165, 1.54) is 6.42 Å². The van der Waals surface area contributed by atoms with Gasteiger partial charge in [-0.2, -0.15) is 0 Å². The molecule has 2 fully saturated rings. The zero-order valence-electron chi connectivity index (χ0n) is 5.05. The van der Waals surface area contributed by atoms with Crippen molar-refractivity contribution in [3.63, 3.8) is 0 Å². The highest BCUT2D eigenvalue weighted by molar-refractivity contribution is 4.90. The van der Waals surface area contributed by atoms with E-state index < -0.39 is 0 Å². The van der Waals surface area contributed by atoms with Gasteiger partial charge in [0.2, 0.25) is 0 Å². The molecule has 2 aliphatic rings. The Morgan fingerprint density at radius 2 is 2.50 bits per heavy atom. The van der Waals surface area contributed by atoms with Gasteiger partial charge in [0.25, 0.3) is 0 Å². The molecule has 8 heavy (non-hydrogen) atoms.